The van der Waals surface area contributed by atoms with Crippen molar-refractivity contribution in [1.29, 1.82) is 0 Å². The second-order valence-electron chi connectivity index (χ2n) is 6.69. The number of aliphatic hydroxyl groups excluding tert-OH is 1. The molecule has 1 N–H and O–H groups in total. The van der Waals surface area contributed by atoms with Gasteiger partial charge in [0.05, 0.1) is 6.10 Å². The van der Waals surface area contributed by atoms with Gasteiger partial charge in [-0.2, -0.15) is 0 Å². The first-order valence-electron chi connectivity index (χ1n) is 8.44. The highest BCUT2D eigenvalue weighted by Crippen LogP contribution is 2.35. The molecule has 4 heteroatoms. The first-order valence-corrected chi connectivity index (χ1v) is 8.44. The number of piperidine rings is 1. The Kier molecular flexibility index (Phi) is 5.27. The molecule has 3 rings (SSSR count). The van der Waals surface area contributed by atoms with Gasteiger partial charge in [0.1, 0.15) is 0 Å². The molecule has 0 radical (unpaired) electrons. The average molecular weight is 331 g/mol. The van der Waals surface area contributed by atoms with Crippen LogP contribution in [0.15, 0.2) is 48.5 Å². The van der Waals surface area contributed by atoms with Crippen LogP contribution >= 0.6 is 0 Å². The van der Waals surface area contributed by atoms with Crippen LogP contribution < -0.4 is 0 Å². The van der Waals surface area contributed by atoms with Crippen molar-refractivity contribution in [3.63, 3.8) is 0 Å². The number of benzene rings is 2. The largest absolute Gasteiger partial charge is 0.393 e. The maximum absolute atomic E-state index is 13.7. The van der Waals surface area contributed by atoms with E-state index in [1.54, 1.807) is 13.0 Å². The lowest BCUT2D eigenvalue weighted by molar-refractivity contribution is 0.0519. The number of hydrogen-bond acceptors (Lipinski definition) is 2. The summed E-state index contributed by atoms with van der Waals surface area (Å²) in [6.07, 6.45) is 0.371. The number of halogens is 2. The quantitative estimate of drug-likeness (QED) is 0.917. The number of hydrogen-bond donors (Lipinski definition) is 1. The standard InChI is InChI=1S/C20H23F2NO/c1-14(24)17-9-10-23(12-15-5-3-2-4-6-15)13-18(17)16-7-8-19(21)20(22)11-16/h2-8,11,14,17-18,24H,9-10,12-13H2,1H3. The predicted octanol–water partition coefficient (Wildman–Crippen LogP) is 3.95. The van der Waals surface area contributed by atoms with E-state index in [1.165, 1.54) is 17.7 Å². The molecule has 3 unspecified atom stereocenters. The number of aliphatic hydroxyl groups is 1. The summed E-state index contributed by atoms with van der Waals surface area (Å²) in [6, 6.07) is 14.3. The zero-order valence-electron chi connectivity index (χ0n) is 13.8. The van der Waals surface area contributed by atoms with E-state index in [0.717, 1.165) is 31.6 Å². The van der Waals surface area contributed by atoms with Gasteiger partial charge in [-0.15, -0.1) is 0 Å². The minimum Gasteiger partial charge on any atom is -0.393 e. The summed E-state index contributed by atoms with van der Waals surface area (Å²) in [7, 11) is 0. The maximum Gasteiger partial charge on any atom is 0.159 e. The van der Waals surface area contributed by atoms with Gasteiger partial charge in [-0.1, -0.05) is 36.4 Å². The van der Waals surface area contributed by atoms with Gasteiger partial charge in [0.15, 0.2) is 11.6 Å². The molecule has 1 saturated heterocycles. The summed E-state index contributed by atoms with van der Waals surface area (Å²) in [5.41, 5.74) is 1.99. The normalized spacial score (nSPS) is 23.2. The molecule has 2 nitrogen and oxygen atoms in total. The van der Waals surface area contributed by atoms with Crippen molar-refractivity contribution in [3.8, 4) is 0 Å². The van der Waals surface area contributed by atoms with Crippen LogP contribution in [0.5, 0.6) is 0 Å². The second-order valence-corrected chi connectivity index (χ2v) is 6.69. The van der Waals surface area contributed by atoms with Crippen LogP contribution in [0.3, 0.4) is 0 Å². The highest BCUT2D eigenvalue weighted by atomic mass is 19.2. The van der Waals surface area contributed by atoms with Gasteiger partial charge in [-0.05, 0) is 49.1 Å². The van der Waals surface area contributed by atoms with E-state index >= 15 is 0 Å². The Bertz CT molecular complexity index is 675. The fraction of sp³-hybridized carbons (Fsp3) is 0.400. The summed E-state index contributed by atoms with van der Waals surface area (Å²) >= 11 is 0. The minimum atomic E-state index is -0.829. The Morgan fingerprint density at radius 1 is 1.12 bits per heavy atom. The molecule has 0 bridgehead atoms. The summed E-state index contributed by atoms with van der Waals surface area (Å²) in [4.78, 5) is 2.32. The van der Waals surface area contributed by atoms with Gasteiger partial charge in [-0.3, -0.25) is 4.90 Å². The van der Waals surface area contributed by atoms with Crippen molar-refractivity contribution in [2.75, 3.05) is 13.1 Å². The Morgan fingerprint density at radius 2 is 1.88 bits per heavy atom. The van der Waals surface area contributed by atoms with Crippen molar-refractivity contribution in [3.05, 3.63) is 71.3 Å². The molecule has 128 valence electrons. The van der Waals surface area contributed by atoms with E-state index in [-0.39, 0.29) is 11.8 Å². The third kappa shape index (κ3) is 3.82. The molecule has 0 amide bonds. The maximum atomic E-state index is 13.7. The molecule has 0 saturated carbocycles. The van der Waals surface area contributed by atoms with E-state index in [2.05, 4.69) is 17.0 Å². The molecule has 1 fully saturated rings. The topological polar surface area (TPSA) is 23.5 Å². The molecule has 1 aliphatic rings. The Morgan fingerprint density at radius 3 is 2.54 bits per heavy atom. The van der Waals surface area contributed by atoms with E-state index in [9.17, 15) is 13.9 Å². The van der Waals surface area contributed by atoms with Crippen molar-refractivity contribution >= 4 is 0 Å². The molecule has 24 heavy (non-hydrogen) atoms. The smallest absolute Gasteiger partial charge is 0.159 e. The van der Waals surface area contributed by atoms with Gasteiger partial charge in [-0.25, -0.2) is 8.78 Å². The Balaban J connectivity index is 1.80. The van der Waals surface area contributed by atoms with Gasteiger partial charge in [0.25, 0.3) is 0 Å². The zero-order valence-corrected chi connectivity index (χ0v) is 13.8. The van der Waals surface area contributed by atoms with Crippen LogP contribution in [-0.4, -0.2) is 29.2 Å². The first-order chi connectivity index (χ1) is 11.5. The highest BCUT2D eigenvalue weighted by Gasteiger charge is 2.33. The van der Waals surface area contributed by atoms with Gasteiger partial charge < -0.3 is 5.11 Å². The highest BCUT2D eigenvalue weighted by molar-refractivity contribution is 5.24. The van der Waals surface area contributed by atoms with Crippen molar-refractivity contribution in [2.45, 2.75) is 31.9 Å². The van der Waals surface area contributed by atoms with Crippen molar-refractivity contribution < 1.29 is 13.9 Å². The minimum absolute atomic E-state index is 0.00226. The number of likely N-dealkylation sites (tertiary alicyclic amines) is 1. The van der Waals surface area contributed by atoms with Crippen LogP contribution in [-0.2, 0) is 6.54 Å². The molecule has 0 spiro atoms. The predicted molar refractivity (Wildman–Crippen MR) is 90.6 cm³/mol. The molecule has 3 atom stereocenters. The van der Waals surface area contributed by atoms with Crippen molar-refractivity contribution in [1.82, 2.24) is 4.90 Å². The van der Waals surface area contributed by atoms with E-state index < -0.39 is 17.7 Å². The monoisotopic (exact) mass is 331 g/mol. The van der Waals surface area contributed by atoms with Crippen LogP contribution in [0.4, 0.5) is 8.78 Å². The lowest BCUT2D eigenvalue weighted by Crippen LogP contribution is -2.42. The summed E-state index contributed by atoms with van der Waals surface area (Å²) in [6.45, 7) is 4.23. The summed E-state index contributed by atoms with van der Waals surface area (Å²) < 4.78 is 26.9. The zero-order chi connectivity index (χ0) is 17.1. The van der Waals surface area contributed by atoms with Crippen LogP contribution in [0.25, 0.3) is 0 Å². The van der Waals surface area contributed by atoms with Crippen molar-refractivity contribution in [2.24, 2.45) is 5.92 Å². The fourth-order valence-corrected chi connectivity index (χ4v) is 3.70. The lowest BCUT2D eigenvalue weighted by atomic mass is 9.78. The van der Waals surface area contributed by atoms with Crippen LogP contribution in [0.1, 0.15) is 30.4 Å². The summed E-state index contributed by atoms with van der Waals surface area (Å²) in [5, 5.41) is 10.1. The second kappa shape index (κ2) is 7.41. The third-order valence-corrected chi connectivity index (χ3v) is 4.99. The molecule has 1 heterocycles. The van der Waals surface area contributed by atoms with Gasteiger partial charge in [0.2, 0.25) is 0 Å². The molecule has 0 aromatic heterocycles. The van der Waals surface area contributed by atoms with E-state index in [0.29, 0.717) is 0 Å². The SMILES string of the molecule is CC(O)C1CCN(Cc2ccccc2)CC1c1ccc(F)c(F)c1. The Hall–Kier alpha value is -1.78. The van der Waals surface area contributed by atoms with E-state index in [4.69, 9.17) is 0 Å². The fourth-order valence-electron chi connectivity index (χ4n) is 3.70. The lowest BCUT2D eigenvalue weighted by Gasteiger charge is -2.40. The van der Waals surface area contributed by atoms with Gasteiger partial charge in [0, 0.05) is 19.0 Å². The Labute approximate surface area is 141 Å². The number of nitrogens with zero attached hydrogens (tertiary/aromatic N) is 1. The summed E-state index contributed by atoms with van der Waals surface area (Å²) in [5.74, 6) is -1.60. The molecule has 2 aromatic rings. The average Bonchev–Trinajstić information content (AvgIpc) is 2.58. The molecule has 0 aliphatic carbocycles. The number of rotatable bonds is 4. The molecule has 1 aliphatic heterocycles. The van der Waals surface area contributed by atoms with Crippen LogP contribution in [0.2, 0.25) is 0 Å². The molecule has 2 aromatic carbocycles. The molecular weight excluding hydrogens is 308 g/mol. The first kappa shape index (κ1) is 17.1. The van der Waals surface area contributed by atoms with Gasteiger partial charge >= 0.3 is 0 Å². The molecular formula is C20H23F2NO. The third-order valence-electron chi connectivity index (χ3n) is 4.99. The van der Waals surface area contributed by atoms with E-state index in [1.807, 2.05) is 18.2 Å². The van der Waals surface area contributed by atoms with Crippen LogP contribution in [0, 0.1) is 17.6 Å².